The minimum absolute atomic E-state index is 0.422. The molecule has 8 heteroatoms. The quantitative estimate of drug-likeness (QED) is 0.534. The number of hydrogen-bond acceptors (Lipinski definition) is 4. The van der Waals surface area contributed by atoms with E-state index in [-0.39, 0.29) is 0 Å². The lowest BCUT2D eigenvalue weighted by atomic mass is 9.98. The van der Waals surface area contributed by atoms with Crippen LogP contribution in [0.3, 0.4) is 0 Å². The molecule has 1 aliphatic rings. The van der Waals surface area contributed by atoms with Crippen molar-refractivity contribution in [3.8, 4) is 5.75 Å². The van der Waals surface area contributed by atoms with Gasteiger partial charge in [-0.3, -0.25) is 4.99 Å². The summed E-state index contributed by atoms with van der Waals surface area (Å²) in [4.78, 5) is 6.83. The molecule has 0 radical (unpaired) electrons. The number of benzene rings is 1. The van der Waals surface area contributed by atoms with Crippen molar-refractivity contribution in [1.29, 1.82) is 0 Å². The van der Waals surface area contributed by atoms with Crippen molar-refractivity contribution in [3.05, 3.63) is 30.3 Å². The summed E-state index contributed by atoms with van der Waals surface area (Å²) in [6.07, 6.45) is 2.99. The van der Waals surface area contributed by atoms with E-state index in [1.807, 2.05) is 37.4 Å². The van der Waals surface area contributed by atoms with Gasteiger partial charge in [-0.2, -0.15) is 0 Å². The van der Waals surface area contributed by atoms with Crippen LogP contribution in [0.4, 0.5) is 0 Å². The molecule has 1 heterocycles. The number of sulfonamides is 1. The third-order valence-electron chi connectivity index (χ3n) is 4.68. The molecular weight excluding hydrogens is 364 g/mol. The Labute approximate surface area is 163 Å². The summed E-state index contributed by atoms with van der Waals surface area (Å²) < 4.78 is 30.5. The van der Waals surface area contributed by atoms with Crippen molar-refractivity contribution in [2.45, 2.75) is 19.8 Å². The Hall–Kier alpha value is -1.80. The molecule has 0 saturated carbocycles. The van der Waals surface area contributed by atoms with E-state index in [0.717, 1.165) is 37.6 Å². The molecule has 1 fully saturated rings. The van der Waals surface area contributed by atoms with Gasteiger partial charge in [-0.15, -0.1) is 0 Å². The maximum absolute atomic E-state index is 11.6. The molecule has 0 bridgehead atoms. The van der Waals surface area contributed by atoms with Gasteiger partial charge in [0.05, 0.1) is 12.8 Å². The molecule has 152 valence electrons. The standard InChI is InChI=1S/C19H32N4O3S/c1-4-20-19(22(2)14-15-26-18-8-6-5-7-9-18)21-16-17-10-12-23(13-11-17)27(3,24)25/h5-9,17H,4,10-16H2,1-3H3,(H,20,21). The number of guanidine groups is 1. The van der Waals surface area contributed by atoms with Gasteiger partial charge in [0.15, 0.2) is 5.96 Å². The molecule has 0 amide bonds. The summed E-state index contributed by atoms with van der Waals surface area (Å²) in [5.41, 5.74) is 0. The summed E-state index contributed by atoms with van der Waals surface area (Å²) in [5, 5.41) is 3.32. The van der Waals surface area contributed by atoms with Crippen molar-refractivity contribution >= 4 is 16.0 Å². The highest BCUT2D eigenvalue weighted by Gasteiger charge is 2.24. The van der Waals surface area contributed by atoms with E-state index < -0.39 is 10.0 Å². The fourth-order valence-electron chi connectivity index (χ4n) is 3.03. The number of likely N-dealkylation sites (N-methyl/N-ethyl adjacent to an activating group) is 1. The van der Waals surface area contributed by atoms with E-state index in [9.17, 15) is 8.42 Å². The lowest BCUT2D eigenvalue weighted by Crippen LogP contribution is -2.42. The van der Waals surface area contributed by atoms with Crippen LogP contribution in [-0.4, -0.2) is 76.2 Å². The predicted octanol–water partition coefficient (Wildman–Crippen LogP) is 1.63. The first kappa shape index (κ1) is 21.5. The van der Waals surface area contributed by atoms with Crippen molar-refractivity contribution < 1.29 is 13.2 Å². The summed E-state index contributed by atoms with van der Waals surface area (Å²) >= 11 is 0. The smallest absolute Gasteiger partial charge is 0.211 e. The van der Waals surface area contributed by atoms with E-state index in [0.29, 0.717) is 32.2 Å². The van der Waals surface area contributed by atoms with E-state index in [4.69, 9.17) is 9.73 Å². The minimum Gasteiger partial charge on any atom is -0.492 e. The summed E-state index contributed by atoms with van der Waals surface area (Å²) in [6.45, 7) is 6.06. The second-order valence-corrected chi connectivity index (χ2v) is 8.87. The maximum atomic E-state index is 11.6. The van der Waals surface area contributed by atoms with Crippen LogP contribution >= 0.6 is 0 Å². The maximum Gasteiger partial charge on any atom is 0.211 e. The van der Waals surface area contributed by atoms with Gasteiger partial charge < -0.3 is 15.0 Å². The topological polar surface area (TPSA) is 74.2 Å². The van der Waals surface area contributed by atoms with E-state index in [2.05, 4.69) is 17.1 Å². The molecule has 0 aliphatic carbocycles. The van der Waals surface area contributed by atoms with Crippen LogP contribution in [0.15, 0.2) is 35.3 Å². The zero-order chi connectivity index (χ0) is 19.7. The monoisotopic (exact) mass is 396 g/mol. The lowest BCUT2D eigenvalue weighted by Gasteiger charge is -2.30. The molecule has 0 unspecified atom stereocenters. The number of hydrogen-bond donors (Lipinski definition) is 1. The summed E-state index contributed by atoms with van der Waals surface area (Å²) in [6, 6.07) is 9.78. The minimum atomic E-state index is -3.07. The Morgan fingerprint density at radius 3 is 2.56 bits per heavy atom. The first-order valence-electron chi connectivity index (χ1n) is 9.52. The first-order chi connectivity index (χ1) is 12.9. The van der Waals surface area contributed by atoms with Crippen LogP contribution in [0.25, 0.3) is 0 Å². The molecule has 0 atom stereocenters. The van der Waals surface area contributed by atoms with E-state index in [1.165, 1.54) is 6.26 Å². The zero-order valence-corrected chi connectivity index (χ0v) is 17.4. The Bertz CT molecular complexity index is 686. The van der Waals surface area contributed by atoms with Gasteiger partial charge in [-0.05, 0) is 37.8 Å². The van der Waals surface area contributed by atoms with Crippen LogP contribution in [0, 0.1) is 5.92 Å². The third kappa shape index (κ3) is 7.38. The molecule has 27 heavy (non-hydrogen) atoms. The first-order valence-corrected chi connectivity index (χ1v) is 11.4. The molecule has 1 saturated heterocycles. The highest BCUT2D eigenvalue weighted by atomic mass is 32.2. The fourth-order valence-corrected chi connectivity index (χ4v) is 3.91. The average Bonchev–Trinajstić information content (AvgIpc) is 2.65. The molecule has 1 N–H and O–H groups in total. The largest absolute Gasteiger partial charge is 0.492 e. The Kier molecular flexibility index (Phi) is 8.37. The highest BCUT2D eigenvalue weighted by Crippen LogP contribution is 2.19. The van der Waals surface area contributed by atoms with Gasteiger partial charge in [-0.25, -0.2) is 12.7 Å². The third-order valence-corrected chi connectivity index (χ3v) is 5.98. The van der Waals surface area contributed by atoms with Crippen LogP contribution in [0.2, 0.25) is 0 Å². The van der Waals surface area contributed by atoms with E-state index >= 15 is 0 Å². The summed E-state index contributed by atoms with van der Waals surface area (Å²) in [5.74, 6) is 2.15. The molecule has 0 spiro atoms. The van der Waals surface area contributed by atoms with Crippen molar-refractivity contribution in [2.75, 3.05) is 52.6 Å². The SMILES string of the molecule is CCNC(=NCC1CCN(S(C)(=O)=O)CC1)N(C)CCOc1ccccc1. The second-order valence-electron chi connectivity index (χ2n) is 6.88. The van der Waals surface area contributed by atoms with Gasteiger partial charge in [0.1, 0.15) is 12.4 Å². The molecule has 2 rings (SSSR count). The Morgan fingerprint density at radius 1 is 1.30 bits per heavy atom. The van der Waals surface area contributed by atoms with Crippen molar-refractivity contribution in [1.82, 2.24) is 14.5 Å². The molecule has 0 aromatic heterocycles. The molecule has 1 aromatic carbocycles. The highest BCUT2D eigenvalue weighted by molar-refractivity contribution is 7.88. The Morgan fingerprint density at radius 2 is 1.96 bits per heavy atom. The number of aliphatic imine (C=N–C) groups is 1. The predicted molar refractivity (Wildman–Crippen MR) is 110 cm³/mol. The van der Waals surface area contributed by atoms with Gasteiger partial charge in [0.25, 0.3) is 0 Å². The van der Waals surface area contributed by atoms with Crippen LogP contribution in [0.1, 0.15) is 19.8 Å². The molecule has 1 aliphatic heterocycles. The zero-order valence-electron chi connectivity index (χ0n) is 16.6. The Balaban J connectivity index is 1.80. The van der Waals surface area contributed by atoms with Crippen LogP contribution in [0.5, 0.6) is 5.75 Å². The molecule has 1 aromatic rings. The average molecular weight is 397 g/mol. The van der Waals surface area contributed by atoms with Crippen molar-refractivity contribution in [2.24, 2.45) is 10.9 Å². The molecular formula is C19H32N4O3S. The van der Waals surface area contributed by atoms with Crippen LogP contribution < -0.4 is 10.1 Å². The number of nitrogens with one attached hydrogen (secondary N) is 1. The molecule has 7 nitrogen and oxygen atoms in total. The number of rotatable bonds is 8. The van der Waals surface area contributed by atoms with Gasteiger partial charge >= 0.3 is 0 Å². The normalized spacial score (nSPS) is 16.9. The number of para-hydroxylation sites is 1. The number of piperidine rings is 1. The number of nitrogens with zero attached hydrogens (tertiary/aromatic N) is 3. The summed E-state index contributed by atoms with van der Waals surface area (Å²) in [7, 11) is -1.07. The van der Waals surface area contributed by atoms with Crippen LogP contribution in [-0.2, 0) is 10.0 Å². The second kappa shape index (κ2) is 10.5. The van der Waals surface area contributed by atoms with Gasteiger partial charge in [0.2, 0.25) is 10.0 Å². The number of ether oxygens (including phenoxy) is 1. The lowest BCUT2D eigenvalue weighted by molar-refractivity contribution is 0.274. The van der Waals surface area contributed by atoms with Crippen molar-refractivity contribution in [3.63, 3.8) is 0 Å². The fraction of sp³-hybridized carbons (Fsp3) is 0.632. The van der Waals surface area contributed by atoms with E-state index in [1.54, 1.807) is 4.31 Å². The van der Waals surface area contributed by atoms with Gasteiger partial charge in [-0.1, -0.05) is 18.2 Å². The van der Waals surface area contributed by atoms with Gasteiger partial charge in [0, 0.05) is 33.2 Å².